The molecule has 1 unspecified atom stereocenters. The van der Waals surface area contributed by atoms with Crippen molar-refractivity contribution in [3.05, 3.63) is 107 Å². The molecule has 136 valence electrons. The maximum absolute atomic E-state index is 6.55. The van der Waals surface area contributed by atoms with Crippen LogP contribution in [0.2, 0.25) is 0 Å². The van der Waals surface area contributed by atoms with Gasteiger partial charge in [-0.2, -0.15) is 0 Å². The van der Waals surface area contributed by atoms with E-state index in [-0.39, 0.29) is 5.41 Å². The van der Waals surface area contributed by atoms with Gasteiger partial charge in [0.05, 0.1) is 0 Å². The minimum atomic E-state index is -0.497. The summed E-state index contributed by atoms with van der Waals surface area (Å²) in [5.41, 5.74) is 5.69. The molecule has 0 bridgehead atoms. The van der Waals surface area contributed by atoms with E-state index in [1.54, 1.807) is 0 Å². The number of rotatable bonds is 2. The standard InChI is InChI=1S/C26H26O/c1-25(2,3)21-15-16-24-22(17-21)23(19-11-7-5-8-12-19)18-26(4,27-24)20-13-9-6-10-14-20/h5-18H,1-4H3. The molecule has 3 aromatic carbocycles. The van der Waals surface area contributed by atoms with E-state index in [0.29, 0.717) is 0 Å². The first kappa shape index (κ1) is 17.6. The third-order valence-electron chi connectivity index (χ3n) is 5.31. The predicted molar refractivity (Wildman–Crippen MR) is 113 cm³/mol. The molecule has 0 aliphatic carbocycles. The van der Waals surface area contributed by atoms with Crippen LogP contribution in [0.25, 0.3) is 5.57 Å². The Hall–Kier alpha value is -2.80. The van der Waals surface area contributed by atoms with Gasteiger partial charge in [0.1, 0.15) is 5.75 Å². The molecule has 1 nitrogen and oxygen atoms in total. The summed E-state index contributed by atoms with van der Waals surface area (Å²) in [6, 6.07) is 27.7. The van der Waals surface area contributed by atoms with Crippen LogP contribution in [0, 0.1) is 0 Å². The van der Waals surface area contributed by atoms with E-state index in [0.717, 1.165) is 11.3 Å². The number of hydrogen-bond donors (Lipinski definition) is 0. The van der Waals surface area contributed by atoms with Crippen molar-refractivity contribution in [3.63, 3.8) is 0 Å². The molecule has 27 heavy (non-hydrogen) atoms. The highest BCUT2D eigenvalue weighted by Gasteiger charge is 2.33. The predicted octanol–water partition coefficient (Wildman–Crippen LogP) is 6.72. The van der Waals surface area contributed by atoms with Crippen molar-refractivity contribution in [3.8, 4) is 5.75 Å². The Balaban J connectivity index is 1.93. The molecular formula is C26H26O. The summed E-state index contributed by atoms with van der Waals surface area (Å²) < 4.78 is 6.55. The average Bonchev–Trinajstić information content (AvgIpc) is 2.67. The highest BCUT2D eigenvalue weighted by atomic mass is 16.5. The first-order valence-electron chi connectivity index (χ1n) is 9.54. The third kappa shape index (κ3) is 3.30. The van der Waals surface area contributed by atoms with Crippen LogP contribution >= 0.6 is 0 Å². The van der Waals surface area contributed by atoms with Crippen LogP contribution < -0.4 is 4.74 Å². The summed E-state index contributed by atoms with van der Waals surface area (Å²) in [6.45, 7) is 8.89. The third-order valence-corrected chi connectivity index (χ3v) is 5.31. The molecular weight excluding hydrogens is 328 g/mol. The molecule has 1 aliphatic heterocycles. The van der Waals surface area contributed by atoms with Crippen LogP contribution in [0.3, 0.4) is 0 Å². The molecule has 0 radical (unpaired) electrons. The maximum Gasteiger partial charge on any atom is 0.150 e. The van der Waals surface area contributed by atoms with Crippen molar-refractivity contribution < 1.29 is 4.74 Å². The summed E-state index contributed by atoms with van der Waals surface area (Å²) in [4.78, 5) is 0. The molecule has 4 rings (SSSR count). The van der Waals surface area contributed by atoms with Gasteiger partial charge in [-0.05, 0) is 52.8 Å². The Bertz CT molecular complexity index is 978. The highest BCUT2D eigenvalue weighted by Crippen LogP contribution is 2.44. The second kappa shape index (κ2) is 6.42. The highest BCUT2D eigenvalue weighted by molar-refractivity contribution is 5.85. The van der Waals surface area contributed by atoms with Crippen LogP contribution in [0.5, 0.6) is 5.75 Å². The SMILES string of the molecule is CC(C)(C)c1ccc2c(c1)C(c1ccccc1)=CC(C)(c1ccccc1)O2. The summed E-state index contributed by atoms with van der Waals surface area (Å²) in [5, 5.41) is 0. The van der Waals surface area contributed by atoms with Gasteiger partial charge in [-0.1, -0.05) is 87.5 Å². The maximum atomic E-state index is 6.55. The minimum Gasteiger partial charge on any atom is -0.478 e. The quantitative estimate of drug-likeness (QED) is 0.496. The second-order valence-electron chi connectivity index (χ2n) is 8.46. The number of ether oxygens (including phenoxy) is 1. The Morgan fingerprint density at radius 2 is 1.41 bits per heavy atom. The zero-order valence-electron chi connectivity index (χ0n) is 16.5. The number of hydrogen-bond acceptors (Lipinski definition) is 1. The van der Waals surface area contributed by atoms with Gasteiger partial charge in [0.2, 0.25) is 0 Å². The second-order valence-corrected chi connectivity index (χ2v) is 8.46. The summed E-state index contributed by atoms with van der Waals surface area (Å²) in [6.07, 6.45) is 2.27. The van der Waals surface area contributed by atoms with Gasteiger partial charge in [0, 0.05) is 5.56 Å². The Labute approximate surface area is 162 Å². The van der Waals surface area contributed by atoms with Gasteiger partial charge in [0.15, 0.2) is 5.60 Å². The molecule has 1 heteroatoms. The lowest BCUT2D eigenvalue weighted by atomic mass is 9.81. The minimum absolute atomic E-state index is 0.0943. The Kier molecular flexibility index (Phi) is 4.19. The fourth-order valence-electron chi connectivity index (χ4n) is 3.67. The lowest BCUT2D eigenvalue weighted by Crippen LogP contribution is -2.30. The van der Waals surface area contributed by atoms with Gasteiger partial charge in [0.25, 0.3) is 0 Å². The van der Waals surface area contributed by atoms with Crippen molar-refractivity contribution in [1.29, 1.82) is 0 Å². The van der Waals surface area contributed by atoms with Crippen LogP contribution in [0.4, 0.5) is 0 Å². The fourth-order valence-corrected chi connectivity index (χ4v) is 3.67. The summed E-state index contributed by atoms with van der Waals surface area (Å²) >= 11 is 0. The first-order valence-corrected chi connectivity index (χ1v) is 9.54. The Morgan fingerprint density at radius 3 is 2.04 bits per heavy atom. The molecule has 0 saturated heterocycles. The zero-order chi connectivity index (χ0) is 19.1. The van der Waals surface area contributed by atoms with E-state index in [9.17, 15) is 0 Å². The lowest BCUT2D eigenvalue weighted by Gasteiger charge is -2.35. The van der Waals surface area contributed by atoms with E-state index in [2.05, 4.69) is 107 Å². The van der Waals surface area contributed by atoms with E-state index in [1.165, 1.54) is 22.3 Å². The molecule has 0 amide bonds. The Morgan fingerprint density at radius 1 is 0.778 bits per heavy atom. The van der Waals surface area contributed by atoms with Gasteiger partial charge >= 0.3 is 0 Å². The molecule has 0 spiro atoms. The molecule has 1 aliphatic rings. The van der Waals surface area contributed by atoms with E-state index in [4.69, 9.17) is 4.74 Å². The molecule has 0 fully saturated rings. The largest absolute Gasteiger partial charge is 0.478 e. The average molecular weight is 354 g/mol. The fraction of sp³-hybridized carbons (Fsp3) is 0.231. The van der Waals surface area contributed by atoms with E-state index in [1.807, 2.05) is 6.07 Å². The molecule has 3 aromatic rings. The van der Waals surface area contributed by atoms with E-state index < -0.39 is 5.60 Å². The van der Waals surface area contributed by atoms with Crippen LogP contribution in [0.15, 0.2) is 84.9 Å². The first-order chi connectivity index (χ1) is 12.9. The lowest BCUT2D eigenvalue weighted by molar-refractivity contribution is 0.137. The van der Waals surface area contributed by atoms with Crippen LogP contribution in [-0.2, 0) is 11.0 Å². The summed E-state index contributed by atoms with van der Waals surface area (Å²) in [7, 11) is 0. The van der Waals surface area contributed by atoms with E-state index >= 15 is 0 Å². The van der Waals surface area contributed by atoms with Crippen LogP contribution in [0.1, 0.15) is 49.9 Å². The number of benzene rings is 3. The van der Waals surface area contributed by atoms with Gasteiger partial charge < -0.3 is 4.74 Å². The van der Waals surface area contributed by atoms with Crippen molar-refractivity contribution in [2.75, 3.05) is 0 Å². The normalized spacial score (nSPS) is 19.0. The zero-order valence-corrected chi connectivity index (χ0v) is 16.5. The van der Waals surface area contributed by atoms with Crippen molar-refractivity contribution in [2.45, 2.75) is 38.7 Å². The monoisotopic (exact) mass is 354 g/mol. The molecule has 1 atom stereocenters. The van der Waals surface area contributed by atoms with Gasteiger partial charge in [-0.25, -0.2) is 0 Å². The van der Waals surface area contributed by atoms with Crippen molar-refractivity contribution in [2.24, 2.45) is 0 Å². The van der Waals surface area contributed by atoms with Crippen molar-refractivity contribution in [1.82, 2.24) is 0 Å². The number of fused-ring (bicyclic) bond motifs is 1. The molecule has 0 saturated carbocycles. The smallest absolute Gasteiger partial charge is 0.150 e. The van der Waals surface area contributed by atoms with Gasteiger partial charge in [-0.15, -0.1) is 0 Å². The topological polar surface area (TPSA) is 9.23 Å². The van der Waals surface area contributed by atoms with Gasteiger partial charge in [-0.3, -0.25) is 0 Å². The summed E-state index contributed by atoms with van der Waals surface area (Å²) in [5.74, 6) is 0.940. The molecule has 0 aromatic heterocycles. The van der Waals surface area contributed by atoms with Crippen LogP contribution in [-0.4, -0.2) is 0 Å². The molecule has 1 heterocycles. The van der Waals surface area contributed by atoms with Crippen molar-refractivity contribution >= 4 is 5.57 Å². The molecule has 0 N–H and O–H groups in total.